The van der Waals surface area contributed by atoms with Crippen LogP contribution in [0.4, 0.5) is 0 Å². The van der Waals surface area contributed by atoms with E-state index in [1.165, 1.54) is 0 Å². The van der Waals surface area contributed by atoms with Crippen LogP contribution in [0.1, 0.15) is 30.1 Å². The SMILES string of the molecule is CCCCN(C)C(=O)c1c2ccccc2cc2ccccc12. The van der Waals surface area contributed by atoms with Gasteiger partial charge in [0.25, 0.3) is 5.91 Å². The molecule has 0 saturated carbocycles. The van der Waals surface area contributed by atoms with Gasteiger partial charge >= 0.3 is 0 Å². The number of nitrogens with zero attached hydrogens (tertiary/aromatic N) is 1. The number of hydrogen-bond acceptors (Lipinski definition) is 1. The van der Waals surface area contributed by atoms with E-state index in [9.17, 15) is 4.79 Å². The quantitative estimate of drug-likeness (QED) is 0.628. The number of rotatable bonds is 4. The molecular formula is C20H21NO. The van der Waals surface area contributed by atoms with Crippen molar-refractivity contribution in [3.05, 3.63) is 60.2 Å². The molecule has 2 heteroatoms. The van der Waals surface area contributed by atoms with E-state index in [1.807, 2.05) is 48.3 Å². The molecule has 0 radical (unpaired) electrons. The van der Waals surface area contributed by atoms with Gasteiger partial charge in [-0.15, -0.1) is 0 Å². The number of carbonyl (C=O) groups is 1. The molecule has 0 heterocycles. The van der Waals surface area contributed by atoms with Gasteiger partial charge in [0, 0.05) is 13.6 Å². The standard InChI is InChI=1S/C20H21NO/c1-3-4-13-21(2)20(22)19-17-11-7-5-9-15(17)14-16-10-6-8-12-18(16)19/h5-12,14H,3-4,13H2,1-2H3. The van der Waals surface area contributed by atoms with Crippen LogP contribution in [0.15, 0.2) is 54.6 Å². The van der Waals surface area contributed by atoms with E-state index in [2.05, 4.69) is 25.1 Å². The zero-order valence-electron chi connectivity index (χ0n) is 13.2. The fourth-order valence-corrected chi connectivity index (χ4v) is 2.93. The first-order chi connectivity index (χ1) is 10.7. The number of benzene rings is 3. The summed E-state index contributed by atoms with van der Waals surface area (Å²) in [4.78, 5) is 14.8. The summed E-state index contributed by atoms with van der Waals surface area (Å²) in [5.74, 6) is 0.112. The highest BCUT2D eigenvalue weighted by Crippen LogP contribution is 2.29. The minimum absolute atomic E-state index is 0.112. The first-order valence-electron chi connectivity index (χ1n) is 7.88. The largest absolute Gasteiger partial charge is 0.342 e. The van der Waals surface area contributed by atoms with Crippen LogP contribution in [0.2, 0.25) is 0 Å². The first-order valence-corrected chi connectivity index (χ1v) is 7.88. The smallest absolute Gasteiger partial charge is 0.254 e. The molecular weight excluding hydrogens is 270 g/mol. The number of hydrogen-bond donors (Lipinski definition) is 0. The van der Waals surface area contributed by atoms with Crippen LogP contribution in [0.3, 0.4) is 0 Å². The maximum atomic E-state index is 13.0. The van der Waals surface area contributed by atoms with Crippen molar-refractivity contribution in [2.45, 2.75) is 19.8 Å². The van der Waals surface area contributed by atoms with Crippen LogP contribution >= 0.6 is 0 Å². The highest BCUT2D eigenvalue weighted by molar-refractivity contribution is 6.18. The number of carbonyl (C=O) groups excluding carboxylic acids is 1. The van der Waals surface area contributed by atoms with Crippen molar-refractivity contribution in [3.8, 4) is 0 Å². The van der Waals surface area contributed by atoms with Gasteiger partial charge in [-0.3, -0.25) is 4.79 Å². The Morgan fingerprint density at radius 2 is 1.50 bits per heavy atom. The molecule has 0 aliphatic heterocycles. The van der Waals surface area contributed by atoms with E-state index in [1.54, 1.807) is 0 Å². The molecule has 0 aromatic heterocycles. The van der Waals surface area contributed by atoms with E-state index in [0.717, 1.165) is 46.5 Å². The van der Waals surface area contributed by atoms with Gasteiger partial charge in [0.05, 0.1) is 5.56 Å². The summed E-state index contributed by atoms with van der Waals surface area (Å²) in [6.07, 6.45) is 2.12. The van der Waals surface area contributed by atoms with Gasteiger partial charge < -0.3 is 4.90 Å². The Balaban J connectivity index is 2.22. The molecule has 0 fully saturated rings. The highest BCUT2D eigenvalue weighted by Gasteiger charge is 2.17. The van der Waals surface area contributed by atoms with Gasteiger partial charge in [0.15, 0.2) is 0 Å². The fraction of sp³-hybridized carbons (Fsp3) is 0.250. The second-order valence-corrected chi connectivity index (χ2v) is 5.77. The highest BCUT2D eigenvalue weighted by atomic mass is 16.2. The minimum Gasteiger partial charge on any atom is -0.342 e. The van der Waals surface area contributed by atoms with E-state index >= 15 is 0 Å². The van der Waals surface area contributed by atoms with Crippen molar-refractivity contribution >= 4 is 27.5 Å². The van der Waals surface area contributed by atoms with E-state index in [0.29, 0.717) is 0 Å². The summed E-state index contributed by atoms with van der Waals surface area (Å²) in [6.45, 7) is 2.94. The molecule has 0 unspecified atom stereocenters. The lowest BCUT2D eigenvalue weighted by Gasteiger charge is -2.19. The van der Waals surface area contributed by atoms with Crippen molar-refractivity contribution < 1.29 is 4.79 Å². The fourth-order valence-electron chi connectivity index (χ4n) is 2.93. The lowest BCUT2D eigenvalue weighted by atomic mass is 9.96. The maximum absolute atomic E-state index is 13.0. The minimum atomic E-state index is 0.112. The molecule has 22 heavy (non-hydrogen) atoms. The summed E-state index contributed by atoms with van der Waals surface area (Å²) in [6, 6.07) is 18.4. The third-order valence-electron chi connectivity index (χ3n) is 4.18. The second-order valence-electron chi connectivity index (χ2n) is 5.77. The van der Waals surface area contributed by atoms with E-state index < -0.39 is 0 Å². The predicted molar refractivity (Wildman–Crippen MR) is 93.3 cm³/mol. The summed E-state index contributed by atoms with van der Waals surface area (Å²) in [5, 5.41) is 4.31. The normalized spacial score (nSPS) is 11.0. The van der Waals surface area contributed by atoms with Crippen molar-refractivity contribution in [1.29, 1.82) is 0 Å². The lowest BCUT2D eigenvalue weighted by molar-refractivity contribution is 0.0797. The third-order valence-corrected chi connectivity index (χ3v) is 4.18. The van der Waals surface area contributed by atoms with Crippen molar-refractivity contribution in [2.24, 2.45) is 0 Å². The van der Waals surface area contributed by atoms with E-state index in [4.69, 9.17) is 0 Å². The zero-order valence-corrected chi connectivity index (χ0v) is 13.2. The number of unbranched alkanes of at least 4 members (excludes halogenated alkanes) is 1. The van der Waals surface area contributed by atoms with Gasteiger partial charge in [-0.1, -0.05) is 61.9 Å². The predicted octanol–water partition coefficient (Wildman–Crippen LogP) is 4.87. The molecule has 0 aliphatic carbocycles. The first kappa shape index (κ1) is 14.6. The molecule has 0 atom stereocenters. The Hall–Kier alpha value is -2.35. The average Bonchev–Trinajstić information content (AvgIpc) is 2.56. The summed E-state index contributed by atoms with van der Waals surface area (Å²) >= 11 is 0. The molecule has 0 N–H and O–H groups in total. The number of fused-ring (bicyclic) bond motifs is 2. The molecule has 0 bridgehead atoms. The van der Waals surface area contributed by atoms with Crippen molar-refractivity contribution in [3.63, 3.8) is 0 Å². The Morgan fingerprint density at radius 1 is 0.955 bits per heavy atom. The average molecular weight is 291 g/mol. The Bertz CT molecular complexity index is 768. The molecule has 0 aliphatic rings. The number of amides is 1. The second kappa shape index (κ2) is 6.18. The summed E-state index contributed by atoms with van der Waals surface area (Å²) < 4.78 is 0. The van der Waals surface area contributed by atoms with Crippen LogP contribution in [0, 0.1) is 0 Å². The van der Waals surface area contributed by atoms with Gasteiger partial charge in [-0.05, 0) is 34.0 Å². The molecule has 3 rings (SSSR count). The Morgan fingerprint density at radius 3 is 2.05 bits per heavy atom. The molecule has 3 aromatic carbocycles. The van der Waals surface area contributed by atoms with Crippen LogP contribution in [-0.2, 0) is 0 Å². The third kappa shape index (κ3) is 2.57. The van der Waals surface area contributed by atoms with Crippen LogP contribution in [-0.4, -0.2) is 24.4 Å². The molecule has 0 saturated heterocycles. The summed E-state index contributed by atoms with van der Waals surface area (Å²) in [5.41, 5.74) is 0.826. The topological polar surface area (TPSA) is 20.3 Å². The molecule has 1 amide bonds. The molecule has 0 spiro atoms. The van der Waals surface area contributed by atoms with Crippen molar-refractivity contribution in [2.75, 3.05) is 13.6 Å². The summed E-state index contributed by atoms with van der Waals surface area (Å²) in [7, 11) is 1.90. The molecule has 2 nitrogen and oxygen atoms in total. The van der Waals surface area contributed by atoms with E-state index in [-0.39, 0.29) is 5.91 Å². The van der Waals surface area contributed by atoms with Gasteiger partial charge in [0.1, 0.15) is 0 Å². The van der Waals surface area contributed by atoms with Crippen LogP contribution in [0.25, 0.3) is 21.5 Å². The van der Waals surface area contributed by atoms with Gasteiger partial charge in [-0.25, -0.2) is 0 Å². The Labute approximate surface area is 131 Å². The maximum Gasteiger partial charge on any atom is 0.254 e. The van der Waals surface area contributed by atoms with Crippen molar-refractivity contribution in [1.82, 2.24) is 4.90 Å². The Kier molecular flexibility index (Phi) is 4.10. The van der Waals surface area contributed by atoms with Crippen LogP contribution < -0.4 is 0 Å². The van der Waals surface area contributed by atoms with Gasteiger partial charge in [-0.2, -0.15) is 0 Å². The molecule has 3 aromatic rings. The van der Waals surface area contributed by atoms with Crippen LogP contribution in [0.5, 0.6) is 0 Å². The zero-order chi connectivity index (χ0) is 15.5. The monoisotopic (exact) mass is 291 g/mol. The molecule has 112 valence electrons. The van der Waals surface area contributed by atoms with Gasteiger partial charge in [0.2, 0.25) is 0 Å². The lowest BCUT2D eigenvalue weighted by Crippen LogP contribution is -2.28.